The number of aromatic amines is 1. The topological polar surface area (TPSA) is 126 Å². The first-order valence-corrected chi connectivity index (χ1v) is 11.6. The number of para-hydroxylation sites is 1. The van der Waals surface area contributed by atoms with Crippen molar-refractivity contribution in [3.05, 3.63) is 117 Å². The molecule has 0 bridgehead atoms. The van der Waals surface area contributed by atoms with Crippen LogP contribution in [0.2, 0.25) is 0 Å². The average molecular weight is 508 g/mol. The van der Waals surface area contributed by atoms with E-state index in [0.29, 0.717) is 22.7 Å². The molecular weight excluding hydrogens is 486 g/mol. The number of carbonyl (C=O) groups is 2. The number of amides is 2. The van der Waals surface area contributed by atoms with Crippen LogP contribution in [0, 0.1) is 11.8 Å². The summed E-state index contributed by atoms with van der Waals surface area (Å²) in [6.07, 6.45) is 4.47. The van der Waals surface area contributed by atoms with Crippen LogP contribution in [0.5, 0.6) is 5.75 Å². The van der Waals surface area contributed by atoms with E-state index < -0.39 is 29.1 Å². The van der Waals surface area contributed by atoms with E-state index in [1.807, 2.05) is 6.07 Å². The number of pyridine rings is 1. The highest BCUT2D eigenvalue weighted by atomic mass is 16.5. The Balaban J connectivity index is 1.38. The monoisotopic (exact) mass is 507 g/mol. The van der Waals surface area contributed by atoms with Crippen LogP contribution in [-0.4, -0.2) is 46.0 Å². The summed E-state index contributed by atoms with van der Waals surface area (Å²) in [6.45, 7) is -0.154. The third-order valence-electron chi connectivity index (χ3n) is 5.89. The van der Waals surface area contributed by atoms with Gasteiger partial charge in [0.05, 0.1) is 11.4 Å². The highest BCUT2D eigenvalue weighted by molar-refractivity contribution is 6.03. The molecule has 0 saturated heterocycles. The van der Waals surface area contributed by atoms with Crippen LogP contribution < -0.4 is 26.2 Å². The second-order valence-corrected chi connectivity index (χ2v) is 8.42. The van der Waals surface area contributed by atoms with Gasteiger partial charge in [0.2, 0.25) is 0 Å². The van der Waals surface area contributed by atoms with Crippen LogP contribution in [0.15, 0.2) is 88.8 Å². The molecule has 2 aromatic heterocycles. The lowest BCUT2D eigenvalue weighted by Gasteiger charge is -2.20. The fourth-order valence-electron chi connectivity index (χ4n) is 3.91. The van der Waals surface area contributed by atoms with E-state index in [9.17, 15) is 19.2 Å². The van der Waals surface area contributed by atoms with Gasteiger partial charge in [-0.05, 0) is 42.5 Å². The third kappa shape index (κ3) is 4.94. The number of anilines is 1. The first-order valence-electron chi connectivity index (χ1n) is 11.6. The molecule has 10 nitrogen and oxygen atoms in total. The molecule has 0 radical (unpaired) electrons. The van der Waals surface area contributed by atoms with Crippen LogP contribution in [0.3, 0.4) is 0 Å². The van der Waals surface area contributed by atoms with Crippen molar-refractivity contribution in [3.8, 4) is 23.3 Å². The molecule has 2 N–H and O–H groups in total. The highest BCUT2D eigenvalue weighted by Crippen LogP contribution is 2.31. The molecule has 5 rings (SSSR count). The van der Waals surface area contributed by atoms with Crippen LogP contribution in [0.25, 0.3) is 5.69 Å². The van der Waals surface area contributed by atoms with E-state index in [1.165, 1.54) is 4.90 Å². The number of carbonyl (C=O) groups excluding carboxylic acids is 2. The second kappa shape index (κ2) is 10.3. The lowest BCUT2D eigenvalue weighted by atomic mass is 10.1. The molecule has 4 aromatic rings. The van der Waals surface area contributed by atoms with Crippen LogP contribution >= 0.6 is 0 Å². The van der Waals surface area contributed by atoms with Gasteiger partial charge in [-0.15, -0.1) is 0 Å². The number of hydrogen-bond donors (Lipinski definition) is 2. The van der Waals surface area contributed by atoms with Gasteiger partial charge in [-0.1, -0.05) is 30.0 Å². The lowest BCUT2D eigenvalue weighted by Crippen LogP contribution is -2.50. The molecule has 188 valence electrons. The minimum absolute atomic E-state index is 0.154. The Morgan fingerprint density at radius 1 is 1.05 bits per heavy atom. The maximum atomic E-state index is 13.2. The molecule has 0 saturated carbocycles. The number of aromatic nitrogens is 3. The van der Waals surface area contributed by atoms with Crippen molar-refractivity contribution < 1.29 is 14.3 Å². The van der Waals surface area contributed by atoms with Crippen molar-refractivity contribution in [1.82, 2.24) is 19.9 Å². The number of rotatable bonds is 3. The number of fused-ring (bicyclic) bond motifs is 1. The molecule has 2 aromatic carbocycles. The Morgan fingerprint density at radius 3 is 2.61 bits per heavy atom. The Morgan fingerprint density at radius 2 is 1.84 bits per heavy atom. The van der Waals surface area contributed by atoms with E-state index in [0.717, 1.165) is 16.3 Å². The summed E-state index contributed by atoms with van der Waals surface area (Å²) in [4.78, 5) is 58.6. The van der Waals surface area contributed by atoms with Gasteiger partial charge in [0.15, 0.2) is 0 Å². The Bertz CT molecular complexity index is 1700. The minimum Gasteiger partial charge on any atom is -0.489 e. The number of hydrogen-bond acceptors (Lipinski definition) is 6. The van der Waals surface area contributed by atoms with Gasteiger partial charge in [-0.25, -0.2) is 4.79 Å². The SMILES string of the molecule is CN1C(=O)C(NC(=O)c2cn(-c3ccccc3)c(=O)[nH]c2=O)COc2ccc(C#Cc3cccnc3)cc21. The molecule has 1 aliphatic heterocycles. The zero-order valence-electron chi connectivity index (χ0n) is 20.2. The summed E-state index contributed by atoms with van der Waals surface area (Å²) in [5.74, 6) is 5.24. The molecular formula is C28H21N5O5. The summed E-state index contributed by atoms with van der Waals surface area (Å²) in [7, 11) is 1.57. The van der Waals surface area contributed by atoms with Crippen LogP contribution in [0.4, 0.5) is 5.69 Å². The summed E-state index contributed by atoms with van der Waals surface area (Å²) in [5.41, 5.74) is 0.486. The van der Waals surface area contributed by atoms with Gasteiger partial charge in [-0.3, -0.25) is 28.9 Å². The van der Waals surface area contributed by atoms with E-state index in [-0.39, 0.29) is 12.2 Å². The predicted octanol–water partition coefficient (Wildman–Crippen LogP) is 1.47. The first-order chi connectivity index (χ1) is 18.4. The van der Waals surface area contributed by atoms with E-state index in [2.05, 4.69) is 27.1 Å². The number of ether oxygens (including phenoxy) is 1. The first kappa shape index (κ1) is 24.3. The molecule has 1 unspecified atom stereocenters. The maximum Gasteiger partial charge on any atom is 0.332 e. The van der Waals surface area contributed by atoms with E-state index in [1.54, 1.807) is 74.0 Å². The Labute approximate surface area is 216 Å². The summed E-state index contributed by atoms with van der Waals surface area (Å²) < 4.78 is 6.97. The zero-order valence-corrected chi connectivity index (χ0v) is 20.2. The number of likely N-dealkylation sites (N-methyl/N-ethyl adjacent to an activating group) is 1. The molecule has 38 heavy (non-hydrogen) atoms. The lowest BCUT2D eigenvalue weighted by molar-refractivity contribution is -0.120. The Hall–Kier alpha value is -5.43. The van der Waals surface area contributed by atoms with Crippen molar-refractivity contribution in [3.63, 3.8) is 0 Å². The van der Waals surface area contributed by atoms with Crippen molar-refractivity contribution in [1.29, 1.82) is 0 Å². The molecule has 1 atom stereocenters. The van der Waals surface area contributed by atoms with E-state index >= 15 is 0 Å². The quantitative estimate of drug-likeness (QED) is 0.405. The minimum atomic E-state index is -1.08. The molecule has 10 heteroatoms. The number of nitrogens with one attached hydrogen (secondary N) is 2. The standard InChI is InChI=1S/C28H21N5O5/c1-32-23-14-18(9-10-19-6-5-13-29-15-19)11-12-24(23)38-17-22(27(32)36)30-25(34)21-16-33(28(37)31-26(21)35)20-7-3-2-4-8-20/h2-8,11-16,22H,17H2,1H3,(H,30,34)(H,31,35,37). The van der Waals surface area contributed by atoms with Crippen molar-refractivity contribution >= 4 is 17.5 Å². The fourth-order valence-corrected chi connectivity index (χ4v) is 3.91. The number of benzene rings is 2. The van der Waals surface area contributed by atoms with Gasteiger partial charge in [0.1, 0.15) is 24.0 Å². The summed E-state index contributed by atoms with van der Waals surface area (Å²) in [6, 6.07) is 16.3. The third-order valence-corrected chi connectivity index (χ3v) is 5.89. The summed E-state index contributed by atoms with van der Waals surface area (Å²) in [5, 5.41) is 2.57. The smallest absolute Gasteiger partial charge is 0.332 e. The Kier molecular flexibility index (Phi) is 6.57. The zero-order chi connectivity index (χ0) is 26.6. The normalized spacial score (nSPS) is 14.4. The van der Waals surface area contributed by atoms with Crippen molar-refractivity contribution in [2.24, 2.45) is 0 Å². The molecule has 1 aliphatic rings. The van der Waals surface area contributed by atoms with Crippen molar-refractivity contribution in [2.45, 2.75) is 6.04 Å². The van der Waals surface area contributed by atoms with Gasteiger partial charge in [0.25, 0.3) is 17.4 Å². The van der Waals surface area contributed by atoms with E-state index in [4.69, 9.17) is 4.74 Å². The predicted molar refractivity (Wildman–Crippen MR) is 139 cm³/mol. The molecule has 0 spiro atoms. The van der Waals surface area contributed by atoms with Crippen LogP contribution in [0.1, 0.15) is 21.5 Å². The van der Waals surface area contributed by atoms with Crippen molar-refractivity contribution in [2.75, 3.05) is 18.6 Å². The van der Waals surface area contributed by atoms with Gasteiger partial charge in [0, 0.05) is 36.8 Å². The highest BCUT2D eigenvalue weighted by Gasteiger charge is 2.31. The van der Waals surface area contributed by atoms with Gasteiger partial charge >= 0.3 is 5.69 Å². The fraction of sp³-hybridized carbons (Fsp3) is 0.107. The second-order valence-electron chi connectivity index (χ2n) is 8.42. The summed E-state index contributed by atoms with van der Waals surface area (Å²) >= 11 is 0. The largest absolute Gasteiger partial charge is 0.489 e. The molecule has 3 heterocycles. The van der Waals surface area contributed by atoms with Crippen LogP contribution in [-0.2, 0) is 4.79 Å². The molecule has 0 fully saturated rings. The van der Waals surface area contributed by atoms with Gasteiger partial charge in [-0.2, -0.15) is 0 Å². The van der Waals surface area contributed by atoms with Gasteiger partial charge < -0.3 is 15.0 Å². The number of H-pyrrole nitrogens is 1. The average Bonchev–Trinajstić information content (AvgIpc) is 3.05. The number of nitrogens with zero attached hydrogens (tertiary/aromatic N) is 3. The maximum absolute atomic E-state index is 13.2. The molecule has 0 aliphatic carbocycles. The molecule has 2 amide bonds.